The normalized spacial score (nSPS) is 22.4. The second kappa shape index (κ2) is 5.98. The van der Waals surface area contributed by atoms with Crippen LogP contribution in [0.4, 0.5) is 23.2 Å². The molecule has 2 aromatic carbocycles. The molecule has 1 unspecified atom stereocenters. The number of rotatable bonds is 3. The van der Waals surface area contributed by atoms with E-state index in [1.165, 1.54) is 23.4 Å². The molecule has 2 nitrogen and oxygen atoms in total. The van der Waals surface area contributed by atoms with Crippen LogP contribution in [0.2, 0.25) is 5.02 Å². The third-order valence-electron chi connectivity index (χ3n) is 4.96. The maximum absolute atomic E-state index is 13.5. The largest absolute Gasteiger partial charge is 0.405 e. The van der Waals surface area contributed by atoms with Crippen LogP contribution in [0, 0.1) is 11.7 Å². The molecule has 136 valence electrons. The second-order valence-electron chi connectivity index (χ2n) is 6.70. The molecule has 0 saturated heterocycles. The van der Waals surface area contributed by atoms with Crippen LogP contribution >= 0.6 is 11.6 Å². The van der Waals surface area contributed by atoms with Crippen molar-refractivity contribution in [2.45, 2.75) is 24.6 Å². The van der Waals surface area contributed by atoms with E-state index < -0.39 is 24.1 Å². The summed E-state index contributed by atoms with van der Waals surface area (Å²) in [6, 6.07) is 10.7. The predicted molar refractivity (Wildman–Crippen MR) is 92.3 cm³/mol. The molecule has 0 aromatic heterocycles. The molecule has 1 heterocycles. The molecule has 1 aliphatic carbocycles. The molecule has 4 rings (SSSR count). The molecule has 1 atom stereocenters. The van der Waals surface area contributed by atoms with Crippen LogP contribution < -0.4 is 0 Å². The van der Waals surface area contributed by atoms with Crippen molar-refractivity contribution >= 4 is 23.6 Å². The zero-order valence-corrected chi connectivity index (χ0v) is 14.4. The van der Waals surface area contributed by atoms with Crippen LogP contribution in [0.5, 0.6) is 0 Å². The Bertz CT molecular complexity index is 859. The number of nitrogens with zero attached hydrogens (tertiary/aromatic N) is 2. The Kier molecular flexibility index (Phi) is 3.99. The van der Waals surface area contributed by atoms with Crippen molar-refractivity contribution in [2.75, 3.05) is 6.54 Å². The van der Waals surface area contributed by atoms with E-state index in [-0.39, 0.29) is 5.92 Å². The van der Waals surface area contributed by atoms with Crippen molar-refractivity contribution in [3.8, 4) is 0 Å². The van der Waals surface area contributed by atoms with E-state index in [1.54, 1.807) is 30.3 Å². The first-order chi connectivity index (χ1) is 12.3. The fourth-order valence-electron chi connectivity index (χ4n) is 3.88. The standard InChI is InChI=1S/C19H15ClF4N2/c20-14-5-8-17-16(9-14)19(12-1-2-12,13-3-6-15(21)7-4-13)26(11-25-17)10-18(22,23)24/h3-9,11-12H,1-2,10H2. The Balaban J connectivity index is 1.97. The van der Waals surface area contributed by atoms with Crippen molar-refractivity contribution < 1.29 is 17.6 Å². The first-order valence-electron chi connectivity index (χ1n) is 8.24. The maximum Gasteiger partial charge on any atom is 0.405 e. The predicted octanol–water partition coefficient (Wildman–Crippen LogP) is 5.67. The van der Waals surface area contributed by atoms with Gasteiger partial charge in [-0.2, -0.15) is 13.2 Å². The average molecular weight is 383 g/mol. The number of aliphatic imine (C=N–C) groups is 1. The maximum atomic E-state index is 13.5. The molecule has 26 heavy (non-hydrogen) atoms. The van der Waals surface area contributed by atoms with E-state index in [0.717, 1.165) is 12.8 Å². The van der Waals surface area contributed by atoms with Gasteiger partial charge in [-0.3, -0.25) is 0 Å². The molecule has 2 aliphatic rings. The molecule has 0 amide bonds. The van der Waals surface area contributed by atoms with Gasteiger partial charge in [-0.05, 0) is 54.7 Å². The first-order valence-corrected chi connectivity index (χ1v) is 8.62. The fraction of sp³-hybridized carbons (Fsp3) is 0.316. The Morgan fingerprint density at radius 3 is 2.42 bits per heavy atom. The van der Waals surface area contributed by atoms with Crippen molar-refractivity contribution in [2.24, 2.45) is 10.9 Å². The highest BCUT2D eigenvalue weighted by atomic mass is 35.5. The summed E-state index contributed by atoms with van der Waals surface area (Å²) < 4.78 is 53.4. The molecule has 0 radical (unpaired) electrons. The molecule has 0 bridgehead atoms. The lowest BCUT2D eigenvalue weighted by molar-refractivity contribution is -0.146. The highest BCUT2D eigenvalue weighted by molar-refractivity contribution is 6.30. The number of alkyl halides is 3. The molecular weight excluding hydrogens is 368 g/mol. The summed E-state index contributed by atoms with van der Waals surface area (Å²) in [6.07, 6.45) is -1.58. The number of benzene rings is 2. The van der Waals surface area contributed by atoms with E-state index in [1.807, 2.05) is 0 Å². The minimum atomic E-state index is -4.40. The zero-order chi connectivity index (χ0) is 18.5. The van der Waals surface area contributed by atoms with Gasteiger partial charge in [0.05, 0.1) is 17.6 Å². The summed E-state index contributed by atoms with van der Waals surface area (Å²) in [7, 11) is 0. The first kappa shape index (κ1) is 17.3. The van der Waals surface area contributed by atoms with Gasteiger partial charge in [0.25, 0.3) is 0 Å². The average Bonchev–Trinajstić information content (AvgIpc) is 3.40. The smallest absolute Gasteiger partial charge is 0.339 e. The van der Waals surface area contributed by atoms with Gasteiger partial charge in [-0.25, -0.2) is 9.38 Å². The van der Waals surface area contributed by atoms with Crippen LogP contribution in [0.3, 0.4) is 0 Å². The summed E-state index contributed by atoms with van der Waals surface area (Å²) >= 11 is 6.17. The topological polar surface area (TPSA) is 15.6 Å². The van der Waals surface area contributed by atoms with Crippen molar-refractivity contribution in [3.05, 3.63) is 64.4 Å². The van der Waals surface area contributed by atoms with E-state index in [9.17, 15) is 17.6 Å². The highest BCUT2D eigenvalue weighted by Crippen LogP contribution is 2.57. The van der Waals surface area contributed by atoms with Crippen LogP contribution in [0.1, 0.15) is 24.0 Å². The lowest BCUT2D eigenvalue weighted by Gasteiger charge is -2.47. The molecule has 1 saturated carbocycles. The highest BCUT2D eigenvalue weighted by Gasteiger charge is 2.55. The minimum Gasteiger partial charge on any atom is -0.339 e. The molecule has 0 N–H and O–H groups in total. The van der Waals surface area contributed by atoms with E-state index in [0.29, 0.717) is 21.8 Å². The van der Waals surface area contributed by atoms with Crippen molar-refractivity contribution in [1.82, 2.24) is 4.90 Å². The monoisotopic (exact) mass is 382 g/mol. The third kappa shape index (κ3) is 2.86. The second-order valence-corrected chi connectivity index (χ2v) is 7.13. The lowest BCUT2D eigenvalue weighted by atomic mass is 9.75. The van der Waals surface area contributed by atoms with Gasteiger partial charge in [0.1, 0.15) is 12.4 Å². The van der Waals surface area contributed by atoms with E-state index >= 15 is 0 Å². The fourth-order valence-corrected chi connectivity index (χ4v) is 4.05. The summed E-state index contributed by atoms with van der Waals surface area (Å²) in [5.41, 5.74) is 0.765. The van der Waals surface area contributed by atoms with Gasteiger partial charge in [0.15, 0.2) is 0 Å². The number of fused-ring (bicyclic) bond motifs is 1. The van der Waals surface area contributed by atoms with E-state index in [2.05, 4.69) is 4.99 Å². The van der Waals surface area contributed by atoms with Crippen LogP contribution in [-0.2, 0) is 5.54 Å². The Morgan fingerprint density at radius 1 is 1.12 bits per heavy atom. The molecule has 0 spiro atoms. The van der Waals surface area contributed by atoms with Crippen LogP contribution in [-0.4, -0.2) is 24.0 Å². The molecule has 1 aliphatic heterocycles. The molecular formula is C19H15ClF4N2. The number of hydrogen-bond donors (Lipinski definition) is 0. The lowest BCUT2D eigenvalue weighted by Crippen LogP contribution is -2.53. The van der Waals surface area contributed by atoms with E-state index in [4.69, 9.17) is 11.6 Å². The third-order valence-corrected chi connectivity index (χ3v) is 5.20. The Morgan fingerprint density at radius 2 is 1.81 bits per heavy atom. The zero-order valence-electron chi connectivity index (χ0n) is 13.6. The summed E-state index contributed by atoms with van der Waals surface area (Å²) in [4.78, 5) is 5.45. The summed E-state index contributed by atoms with van der Waals surface area (Å²) in [5, 5.41) is 0.431. The summed E-state index contributed by atoms with van der Waals surface area (Å²) in [6.45, 7) is -1.14. The van der Waals surface area contributed by atoms with Gasteiger partial charge >= 0.3 is 6.18 Å². The Hall–Kier alpha value is -2.08. The van der Waals surface area contributed by atoms with Gasteiger partial charge < -0.3 is 4.90 Å². The van der Waals surface area contributed by atoms with Crippen LogP contribution in [0.25, 0.3) is 0 Å². The van der Waals surface area contributed by atoms with Crippen LogP contribution in [0.15, 0.2) is 47.5 Å². The quantitative estimate of drug-likeness (QED) is 0.624. The minimum absolute atomic E-state index is 0.0284. The van der Waals surface area contributed by atoms with Gasteiger partial charge in [-0.15, -0.1) is 0 Å². The molecule has 2 aromatic rings. The Labute approximate surface area is 153 Å². The summed E-state index contributed by atoms with van der Waals surface area (Å²) in [5.74, 6) is -0.461. The number of hydrogen-bond acceptors (Lipinski definition) is 2. The SMILES string of the molecule is Fc1ccc(C2(C3CC3)c3cc(Cl)ccc3N=CN2CC(F)(F)F)cc1. The van der Waals surface area contributed by atoms with Crippen molar-refractivity contribution in [1.29, 1.82) is 0 Å². The molecule has 7 heteroatoms. The number of halogens is 5. The van der Waals surface area contributed by atoms with Gasteiger partial charge in [-0.1, -0.05) is 23.7 Å². The van der Waals surface area contributed by atoms with Gasteiger partial charge in [0.2, 0.25) is 0 Å². The van der Waals surface area contributed by atoms with Gasteiger partial charge in [0, 0.05) is 10.6 Å². The molecule has 1 fully saturated rings. The van der Waals surface area contributed by atoms with Crippen molar-refractivity contribution in [3.63, 3.8) is 0 Å².